The quantitative estimate of drug-likeness (QED) is 0.580. The maximum atomic E-state index is 12.8. The van der Waals surface area contributed by atoms with Gasteiger partial charge in [-0.2, -0.15) is 5.01 Å². The number of carbonyl (C=O) groups is 3. The standard InChI is InChI=1S/C23H26N4O5S/c1-15-6-11-19(14-16(15)2)33(31,32)26-18-9-7-17(8-10-18)20(28)25-27-21(29)23(24-22(27)30)12-4-3-5-13-23/h6-11,14,26H,3-5,12-13H2,1-2H3,(H,24,30)(H,25,28). The lowest BCUT2D eigenvalue weighted by atomic mass is 9.82. The maximum Gasteiger partial charge on any atom is 0.344 e. The number of hydrogen-bond donors (Lipinski definition) is 3. The van der Waals surface area contributed by atoms with Crippen LogP contribution in [-0.2, 0) is 14.8 Å². The Bertz CT molecular complexity index is 1220. The smallest absolute Gasteiger partial charge is 0.322 e. The highest BCUT2D eigenvalue weighted by Crippen LogP contribution is 2.33. The second-order valence-corrected chi connectivity index (χ2v) is 10.3. The molecule has 174 valence electrons. The summed E-state index contributed by atoms with van der Waals surface area (Å²) in [4.78, 5) is 37.9. The van der Waals surface area contributed by atoms with Crippen LogP contribution in [0.4, 0.5) is 10.5 Å². The van der Waals surface area contributed by atoms with Gasteiger partial charge in [-0.25, -0.2) is 13.2 Å². The van der Waals surface area contributed by atoms with Crippen LogP contribution in [0.2, 0.25) is 0 Å². The molecule has 0 bridgehead atoms. The molecular formula is C23H26N4O5S. The molecule has 1 aliphatic heterocycles. The lowest BCUT2D eigenvalue weighted by Crippen LogP contribution is -2.50. The Morgan fingerprint density at radius 2 is 1.64 bits per heavy atom. The zero-order valence-electron chi connectivity index (χ0n) is 18.5. The summed E-state index contributed by atoms with van der Waals surface area (Å²) in [6, 6.07) is 9.95. The Balaban J connectivity index is 1.44. The van der Waals surface area contributed by atoms with E-state index in [0.29, 0.717) is 12.8 Å². The fraction of sp³-hybridized carbons (Fsp3) is 0.348. The molecule has 0 aromatic heterocycles. The van der Waals surface area contributed by atoms with Crippen LogP contribution in [0.3, 0.4) is 0 Å². The summed E-state index contributed by atoms with van der Waals surface area (Å²) in [5, 5.41) is 3.47. The van der Waals surface area contributed by atoms with Gasteiger partial charge in [0.05, 0.1) is 4.90 Å². The summed E-state index contributed by atoms with van der Waals surface area (Å²) in [5.74, 6) is -1.09. The van der Waals surface area contributed by atoms with E-state index in [1.165, 1.54) is 30.3 Å². The lowest BCUT2D eigenvalue weighted by Gasteiger charge is -2.30. The van der Waals surface area contributed by atoms with Crippen molar-refractivity contribution in [2.24, 2.45) is 0 Å². The predicted octanol–water partition coefficient (Wildman–Crippen LogP) is 3.00. The van der Waals surface area contributed by atoms with Crippen LogP contribution in [0.1, 0.15) is 53.6 Å². The van der Waals surface area contributed by atoms with Gasteiger partial charge in [0.1, 0.15) is 5.54 Å². The van der Waals surface area contributed by atoms with E-state index in [-0.39, 0.29) is 16.1 Å². The molecule has 1 saturated heterocycles. The summed E-state index contributed by atoms with van der Waals surface area (Å²) in [6.07, 6.45) is 3.80. The van der Waals surface area contributed by atoms with Crippen LogP contribution in [0, 0.1) is 13.8 Å². The van der Waals surface area contributed by atoms with Crippen LogP contribution in [0.25, 0.3) is 0 Å². The number of sulfonamides is 1. The molecule has 1 heterocycles. The van der Waals surface area contributed by atoms with E-state index in [1.807, 2.05) is 13.8 Å². The third-order valence-corrected chi connectivity index (χ3v) is 7.65. The number of carbonyl (C=O) groups excluding carboxylic acids is 3. The highest BCUT2D eigenvalue weighted by atomic mass is 32.2. The molecule has 2 aromatic rings. The van der Waals surface area contributed by atoms with E-state index in [2.05, 4.69) is 15.5 Å². The van der Waals surface area contributed by atoms with E-state index in [0.717, 1.165) is 35.4 Å². The van der Waals surface area contributed by atoms with Crippen molar-refractivity contribution in [3.63, 3.8) is 0 Å². The van der Waals surface area contributed by atoms with Gasteiger partial charge in [-0.1, -0.05) is 25.3 Å². The van der Waals surface area contributed by atoms with Gasteiger partial charge >= 0.3 is 6.03 Å². The first-order valence-electron chi connectivity index (χ1n) is 10.8. The fourth-order valence-corrected chi connectivity index (χ4v) is 5.31. The van der Waals surface area contributed by atoms with Crippen molar-refractivity contribution in [1.82, 2.24) is 15.8 Å². The lowest BCUT2D eigenvalue weighted by molar-refractivity contribution is -0.134. The van der Waals surface area contributed by atoms with Crippen molar-refractivity contribution in [2.45, 2.75) is 56.4 Å². The molecule has 0 radical (unpaired) electrons. The molecule has 1 spiro atoms. The number of nitrogens with zero attached hydrogens (tertiary/aromatic N) is 1. The zero-order valence-corrected chi connectivity index (χ0v) is 19.3. The number of urea groups is 1. The summed E-state index contributed by atoms with van der Waals surface area (Å²) >= 11 is 0. The fourth-order valence-electron chi connectivity index (χ4n) is 4.17. The molecule has 2 aliphatic rings. The molecule has 10 heteroatoms. The van der Waals surface area contributed by atoms with Crippen LogP contribution in [0.5, 0.6) is 0 Å². The predicted molar refractivity (Wildman–Crippen MR) is 122 cm³/mol. The van der Waals surface area contributed by atoms with Gasteiger partial charge in [0.15, 0.2) is 0 Å². The molecule has 0 atom stereocenters. The van der Waals surface area contributed by atoms with Crippen LogP contribution >= 0.6 is 0 Å². The SMILES string of the molecule is Cc1ccc(S(=O)(=O)Nc2ccc(C(=O)NN3C(=O)NC4(CCCCC4)C3=O)cc2)cc1C. The Kier molecular flexibility index (Phi) is 5.87. The van der Waals surface area contributed by atoms with Crippen molar-refractivity contribution in [3.05, 3.63) is 59.2 Å². The summed E-state index contributed by atoms with van der Waals surface area (Å²) in [7, 11) is -3.79. The topological polar surface area (TPSA) is 125 Å². The van der Waals surface area contributed by atoms with Crippen molar-refractivity contribution >= 4 is 33.6 Å². The van der Waals surface area contributed by atoms with Crippen LogP contribution < -0.4 is 15.5 Å². The molecule has 1 aliphatic carbocycles. The number of imide groups is 1. The second-order valence-electron chi connectivity index (χ2n) is 8.58. The highest BCUT2D eigenvalue weighted by molar-refractivity contribution is 7.92. The third kappa shape index (κ3) is 4.43. The summed E-state index contributed by atoms with van der Waals surface area (Å²) in [5.41, 5.74) is 3.74. The molecule has 2 fully saturated rings. The molecule has 9 nitrogen and oxygen atoms in total. The minimum atomic E-state index is -3.79. The average Bonchev–Trinajstić information content (AvgIpc) is 3.00. The minimum Gasteiger partial charge on any atom is -0.322 e. The third-order valence-electron chi connectivity index (χ3n) is 6.27. The van der Waals surface area contributed by atoms with Gasteiger partial charge in [0, 0.05) is 11.3 Å². The minimum absolute atomic E-state index is 0.141. The maximum absolute atomic E-state index is 12.8. The van der Waals surface area contributed by atoms with E-state index in [1.54, 1.807) is 12.1 Å². The number of benzene rings is 2. The Morgan fingerprint density at radius 3 is 2.27 bits per heavy atom. The molecule has 4 rings (SSSR count). The number of anilines is 1. The van der Waals surface area contributed by atoms with E-state index in [9.17, 15) is 22.8 Å². The number of aryl methyl sites for hydroxylation is 2. The van der Waals surface area contributed by atoms with Gasteiger partial charge in [0.25, 0.3) is 21.8 Å². The first-order chi connectivity index (χ1) is 15.6. The largest absolute Gasteiger partial charge is 0.344 e. The van der Waals surface area contributed by atoms with E-state index >= 15 is 0 Å². The van der Waals surface area contributed by atoms with Crippen molar-refractivity contribution in [3.8, 4) is 0 Å². The van der Waals surface area contributed by atoms with Gasteiger partial charge in [-0.05, 0) is 74.2 Å². The van der Waals surface area contributed by atoms with Gasteiger partial charge in [-0.3, -0.25) is 19.7 Å². The Hall–Kier alpha value is -3.40. The molecule has 0 unspecified atom stereocenters. The molecule has 4 amide bonds. The van der Waals surface area contributed by atoms with Gasteiger partial charge < -0.3 is 5.32 Å². The van der Waals surface area contributed by atoms with E-state index in [4.69, 9.17) is 0 Å². The molecule has 3 N–H and O–H groups in total. The number of amides is 4. The van der Waals surface area contributed by atoms with Crippen LogP contribution in [0.15, 0.2) is 47.4 Å². The summed E-state index contributed by atoms with van der Waals surface area (Å²) in [6.45, 7) is 3.74. The van der Waals surface area contributed by atoms with Gasteiger partial charge in [0.2, 0.25) is 0 Å². The number of hydrazine groups is 1. The summed E-state index contributed by atoms with van der Waals surface area (Å²) < 4.78 is 27.8. The van der Waals surface area contributed by atoms with Crippen molar-refractivity contribution in [2.75, 3.05) is 4.72 Å². The molecule has 2 aromatic carbocycles. The van der Waals surface area contributed by atoms with Crippen molar-refractivity contribution in [1.29, 1.82) is 0 Å². The molecular weight excluding hydrogens is 444 g/mol. The molecule has 33 heavy (non-hydrogen) atoms. The average molecular weight is 471 g/mol. The van der Waals surface area contributed by atoms with E-state index < -0.39 is 33.4 Å². The number of nitrogens with one attached hydrogen (secondary N) is 3. The van der Waals surface area contributed by atoms with Crippen molar-refractivity contribution < 1.29 is 22.8 Å². The second kappa shape index (κ2) is 8.51. The number of hydrogen-bond acceptors (Lipinski definition) is 5. The number of rotatable bonds is 5. The zero-order chi connectivity index (χ0) is 23.8. The Labute approximate surface area is 192 Å². The first-order valence-corrected chi connectivity index (χ1v) is 12.3. The molecule has 1 saturated carbocycles. The van der Waals surface area contributed by atoms with Gasteiger partial charge in [-0.15, -0.1) is 0 Å². The van der Waals surface area contributed by atoms with Crippen LogP contribution in [-0.4, -0.2) is 36.8 Å². The highest BCUT2D eigenvalue weighted by Gasteiger charge is 2.52. The first kappa shape index (κ1) is 22.8. The normalized spacial score (nSPS) is 17.7. The Morgan fingerprint density at radius 1 is 0.970 bits per heavy atom. The monoisotopic (exact) mass is 470 g/mol.